The number of carbonyl (C=O) groups is 1. The third kappa shape index (κ3) is 3.83. The first kappa shape index (κ1) is 14.5. The van der Waals surface area contributed by atoms with Crippen LogP contribution in [0.4, 0.5) is 0 Å². The molecule has 3 rings (SSSR count). The molecular formula is C17H24N2O2. The summed E-state index contributed by atoms with van der Waals surface area (Å²) in [4.78, 5) is 14.3. The molecule has 114 valence electrons. The normalized spacial score (nSPS) is 26.3. The van der Waals surface area contributed by atoms with Gasteiger partial charge < -0.3 is 9.64 Å². The number of hydrogen-bond donors (Lipinski definition) is 1. The Labute approximate surface area is 126 Å². The number of nitrogens with zero attached hydrogens (tertiary/aromatic N) is 1. The van der Waals surface area contributed by atoms with E-state index in [0.717, 1.165) is 38.8 Å². The molecular weight excluding hydrogens is 264 g/mol. The molecule has 0 radical (unpaired) electrons. The second-order valence-corrected chi connectivity index (χ2v) is 5.99. The van der Waals surface area contributed by atoms with E-state index in [1.165, 1.54) is 12.0 Å². The highest BCUT2D eigenvalue weighted by Crippen LogP contribution is 2.17. The lowest BCUT2D eigenvalue weighted by Gasteiger charge is -2.26. The van der Waals surface area contributed by atoms with Gasteiger partial charge in [0.1, 0.15) is 0 Å². The van der Waals surface area contributed by atoms with Crippen molar-refractivity contribution in [1.82, 2.24) is 10.2 Å². The van der Waals surface area contributed by atoms with Gasteiger partial charge in [-0.2, -0.15) is 0 Å². The fourth-order valence-electron chi connectivity index (χ4n) is 3.14. The summed E-state index contributed by atoms with van der Waals surface area (Å²) in [5, 5.41) is 3.34. The van der Waals surface area contributed by atoms with Gasteiger partial charge in [0.15, 0.2) is 0 Å². The van der Waals surface area contributed by atoms with E-state index in [9.17, 15) is 4.79 Å². The molecule has 2 unspecified atom stereocenters. The maximum absolute atomic E-state index is 12.4. The maximum Gasteiger partial charge on any atom is 0.240 e. The van der Waals surface area contributed by atoms with Gasteiger partial charge in [-0.1, -0.05) is 30.3 Å². The first-order valence-electron chi connectivity index (χ1n) is 8.00. The van der Waals surface area contributed by atoms with Crippen LogP contribution in [0.2, 0.25) is 0 Å². The molecule has 4 heteroatoms. The third-order valence-corrected chi connectivity index (χ3v) is 4.40. The van der Waals surface area contributed by atoms with Gasteiger partial charge in [-0.3, -0.25) is 10.1 Å². The molecule has 1 aromatic carbocycles. The van der Waals surface area contributed by atoms with Crippen molar-refractivity contribution >= 4 is 5.91 Å². The number of ether oxygens (including phenoxy) is 1. The summed E-state index contributed by atoms with van der Waals surface area (Å²) in [5.74, 6) is 0.236. The van der Waals surface area contributed by atoms with Gasteiger partial charge in [0.2, 0.25) is 5.91 Å². The van der Waals surface area contributed by atoms with Gasteiger partial charge in [0.05, 0.1) is 18.8 Å². The van der Waals surface area contributed by atoms with Gasteiger partial charge in [-0.25, -0.2) is 0 Å². The van der Waals surface area contributed by atoms with Gasteiger partial charge in [0.25, 0.3) is 0 Å². The minimum absolute atomic E-state index is 0.0335. The Kier molecular flexibility index (Phi) is 4.88. The quantitative estimate of drug-likeness (QED) is 0.900. The minimum atomic E-state index is -0.0335. The average molecular weight is 288 g/mol. The lowest BCUT2D eigenvalue weighted by molar-refractivity contribution is -0.131. The molecule has 0 spiro atoms. The zero-order chi connectivity index (χ0) is 14.5. The Bertz CT molecular complexity index is 457. The van der Waals surface area contributed by atoms with Crippen LogP contribution in [0.15, 0.2) is 30.3 Å². The molecule has 1 aromatic rings. The Balaban J connectivity index is 1.47. The molecule has 21 heavy (non-hydrogen) atoms. The molecule has 2 aliphatic rings. The van der Waals surface area contributed by atoms with Crippen molar-refractivity contribution in [2.24, 2.45) is 0 Å². The number of benzene rings is 1. The van der Waals surface area contributed by atoms with E-state index in [4.69, 9.17) is 4.74 Å². The molecule has 2 atom stereocenters. The van der Waals surface area contributed by atoms with Crippen LogP contribution in [0.5, 0.6) is 0 Å². The second-order valence-electron chi connectivity index (χ2n) is 5.99. The third-order valence-electron chi connectivity index (χ3n) is 4.40. The number of aryl methyl sites for hydroxylation is 1. The van der Waals surface area contributed by atoms with Crippen LogP contribution >= 0.6 is 0 Å². The molecule has 1 amide bonds. The van der Waals surface area contributed by atoms with E-state index in [1.807, 2.05) is 23.1 Å². The SMILES string of the molecule is O=C1C(CCc2ccccc2)NCN1CC1CCCCO1. The van der Waals surface area contributed by atoms with Crippen molar-refractivity contribution in [3.8, 4) is 0 Å². The summed E-state index contributed by atoms with van der Waals surface area (Å²) in [7, 11) is 0. The van der Waals surface area contributed by atoms with Crippen LogP contribution in [0.25, 0.3) is 0 Å². The lowest BCUT2D eigenvalue weighted by Crippen LogP contribution is -2.38. The fraction of sp³-hybridized carbons (Fsp3) is 0.588. The molecule has 1 N–H and O–H groups in total. The van der Waals surface area contributed by atoms with E-state index in [2.05, 4.69) is 17.4 Å². The standard InChI is InChI=1S/C17H24N2O2/c20-17-16(10-9-14-6-2-1-3-7-14)18-13-19(17)12-15-8-4-5-11-21-15/h1-3,6-7,15-16,18H,4-5,8-13H2. The number of rotatable bonds is 5. The van der Waals surface area contributed by atoms with E-state index in [-0.39, 0.29) is 18.1 Å². The summed E-state index contributed by atoms with van der Waals surface area (Å²) < 4.78 is 5.73. The van der Waals surface area contributed by atoms with Crippen LogP contribution in [0.3, 0.4) is 0 Å². The molecule has 4 nitrogen and oxygen atoms in total. The van der Waals surface area contributed by atoms with Gasteiger partial charge >= 0.3 is 0 Å². The Morgan fingerprint density at radius 2 is 2.10 bits per heavy atom. The average Bonchev–Trinajstić information content (AvgIpc) is 2.88. The molecule has 2 heterocycles. The highest BCUT2D eigenvalue weighted by molar-refractivity contribution is 5.83. The number of carbonyl (C=O) groups excluding carboxylic acids is 1. The summed E-state index contributed by atoms with van der Waals surface area (Å²) in [6.07, 6.45) is 5.50. The zero-order valence-electron chi connectivity index (χ0n) is 12.5. The van der Waals surface area contributed by atoms with Crippen LogP contribution in [0.1, 0.15) is 31.2 Å². The summed E-state index contributed by atoms with van der Waals surface area (Å²) >= 11 is 0. The summed E-state index contributed by atoms with van der Waals surface area (Å²) in [6, 6.07) is 10.3. The Hall–Kier alpha value is -1.39. The predicted molar refractivity (Wildman–Crippen MR) is 81.9 cm³/mol. The largest absolute Gasteiger partial charge is 0.376 e. The smallest absolute Gasteiger partial charge is 0.240 e. The highest BCUT2D eigenvalue weighted by atomic mass is 16.5. The van der Waals surface area contributed by atoms with Crippen molar-refractivity contribution in [3.05, 3.63) is 35.9 Å². The topological polar surface area (TPSA) is 41.6 Å². The molecule has 2 aliphatic heterocycles. The lowest BCUT2D eigenvalue weighted by atomic mass is 10.0. The van der Waals surface area contributed by atoms with Crippen LogP contribution in [-0.4, -0.2) is 42.8 Å². The van der Waals surface area contributed by atoms with E-state index >= 15 is 0 Å². The Morgan fingerprint density at radius 1 is 1.24 bits per heavy atom. The first-order chi connectivity index (χ1) is 10.3. The maximum atomic E-state index is 12.4. The zero-order valence-corrected chi connectivity index (χ0v) is 12.5. The molecule has 2 fully saturated rings. The van der Waals surface area contributed by atoms with Crippen molar-refractivity contribution in [2.75, 3.05) is 19.8 Å². The minimum Gasteiger partial charge on any atom is -0.376 e. The second kappa shape index (κ2) is 7.05. The number of hydrogen-bond acceptors (Lipinski definition) is 3. The van der Waals surface area contributed by atoms with Crippen LogP contribution in [0, 0.1) is 0 Å². The first-order valence-corrected chi connectivity index (χ1v) is 8.00. The molecule has 0 aromatic heterocycles. The predicted octanol–water partition coefficient (Wildman–Crippen LogP) is 1.95. The Morgan fingerprint density at radius 3 is 2.86 bits per heavy atom. The molecule has 0 aliphatic carbocycles. The van der Waals surface area contributed by atoms with Crippen LogP contribution < -0.4 is 5.32 Å². The van der Waals surface area contributed by atoms with E-state index in [0.29, 0.717) is 6.67 Å². The van der Waals surface area contributed by atoms with Gasteiger partial charge in [-0.05, 0) is 37.7 Å². The van der Waals surface area contributed by atoms with Crippen molar-refractivity contribution in [2.45, 2.75) is 44.2 Å². The summed E-state index contributed by atoms with van der Waals surface area (Å²) in [5.41, 5.74) is 1.29. The summed E-state index contributed by atoms with van der Waals surface area (Å²) in [6.45, 7) is 2.25. The molecule has 2 saturated heterocycles. The molecule has 0 bridgehead atoms. The van der Waals surface area contributed by atoms with Gasteiger partial charge in [-0.15, -0.1) is 0 Å². The number of amides is 1. The van der Waals surface area contributed by atoms with Crippen molar-refractivity contribution in [3.63, 3.8) is 0 Å². The van der Waals surface area contributed by atoms with Crippen LogP contribution in [-0.2, 0) is 16.0 Å². The van der Waals surface area contributed by atoms with Crippen molar-refractivity contribution in [1.29, 1.82) is 0 Å². The highest BCUT2D eigenvalue weighted by Gasteiger charge is 2.32. The van der Waals surface area contributed by atoms with Gasteiger partial charge in [0, 0.05) is 13.2 Å². The fourth-order valence-corrected chi connectivity index (χ4v) is 3.14. The monoisotopic (exact) mass is 288 g/mol. The number of nitrogens with one attached hydrogen (secondary N) is 1. The van der Waals surface area contributed by atoms with E-state index in [1.54, 1.807) is 0 Å². The van der Waals surface area contributed by atoms with E-state index < -0.39 is 0 Å². The van der Waals surface area contributed by atoms with Crippen molar-refractivity contribution < 1.29 is 9.53 Å². The molecule has 0 saturated carbocycles.